The van der Waals surface area contributed by atoms with Gasteiger partial charge in [-0.1, -0.05) is 20.3 Å². The Morgan fingerprint density at radius 1 is 1.57 bits per heavy atom. The zero-order valence-corrected chi connectivity index (χ0v) is 9.75. The Bertz CT molecular complexity index is 198. The second-order valence-corrected chi connectivity index (χ2v) is 5.37. The third-order valence-electron chi connectivity index (χ3n) is 4.28. The Labute approximate surface area is 87.6 Å². The average molecular weight is 197 g/mol. The van der Waals surface area contributed by atoms with E-state index in [0.29, 0.717) is 5.41 Å². The maximum atomic E-state index is 5.57. The molecule has 14 heavy (non-hydrogen) atoms. The first-order chi connectivity index (χ1) is 6.67. The molecule has 0 N–H and O–H groups in total. The summed E-state index contributed by atoms with van der Waals surface area (Å²) in [6, 6.07) is 0.793. The summed E-state index contributed by atoms with van der Waals surface area (Å²) in [6.45, 7) is 7.93. The SMILES string of the molecule is CCC(C)C1CC2(CCOC2)CN1C. The van der Waals surface area contributed by atoms with Crippen molar-refractivity contribution in [1.82, 2.24) is 4.90 Å². The summed E-state index contributed by atoms with van der Waals surface area (Å²) < 4.78 is 5.57. The van der Waals surface area contributed by atoms with Gasteiger partial charge in [-0.15, -0.1) is 0 Å². The van der Waals surface area contributed by atoms with Crippen molar-refractivity contribution >= 4 is 0 Å². The first kappa shape index (κ1) is 10.4. The molecular weight excluding hydrogens is 174 g/mol. The minimum absolute atomic E-state index is 0.517. The van der Waals surface area contributed by atoms with Crippen molar-refractivity contribution in [3.8, 4) is 0 Å². The van der Waals surface area contributed by atoms with Crippen LogP contribution in [0.3, 0.4) is 0 Å². The highest BCUT2D eigenvalue weighted by molar-refractivity contribution is 4.98. The molecule has 0 saturated carbocycles. The minimum atomic E-state index is 0.517. The molecule has 2 heterocycles. The Balaban J connectivity index is 2.02. The van der Waals surface area contributed by atoms with Gasteiger partial charge in [0.25, 0.3) is 0 Å². The monoisotopic (exact) mass is 197 g/mol. The molecule has 82 valence electrons. The van der Waals surface area contributed by atoms with Gasteiger partial charge in [0.1, 0.15) is 0 Å². The third-order valence-corrected chi connectivity index (χ3v) is 4.28. The van der Waals surface area contributed by atoms with Crippen molar-refractivity contribution in [3.63, 3.8) is 0 Å². The number of ether oxygens (including phenoxy) is 1. The third kappa shape index (κ3) is 1.70. The maximum Gasteiger partial charge on any atom is 0.0536 e. The van der Waals surface area contributed by atoms with Gasteiger partial charge in [0, 0.05) is 24.6 Å². The molecule has 0 aromatic rings. The van der Waals surface area contributed by atoms with Crippen LogP contribution in [0.1, 0.15) is 33.1 Å². The van der Waals surface area contributed by atoms with Crippen LogP contribution in [0.25, 0.3) is 0 Å². The van der Waals surface area contributed by atoms with Gasteiger partial charge < -0.3 is 9.64 Å². The topological polar surface area (TPSA) is 12.5 Å². The highest BCUT2D eigenvalue weighted by Gasteiger charge is 2.45. The smallest absolute Gasteiger partial charge is 0.0536 e. The number of nitrogens with zero attached hydrogens (tertiary/aromatic N) is 1. The zero-order chi connectivity index (χ0) is 10.2. The molecule has 3 unspecified atom stereocenters. The van der Waals surface area contributed by atoms with Crippen LogP contribution in [0.5, 0.6) is 0 Å². The van der Waals surface area contributed by atoms with Gasteiger partial charge in [-0.05, 0) is 25.8 Å². The number of likely N-dealkylation sites (tertiary alicyclic amines) is 1. The van der Waals surface area contributed by atoms with E-state index in [9.17, 15) is 0 Å². The Kier molecular flexibility index (Phi) is 2.85. The summed E-state index contributed by atoms with van der Waals surface area (Å²) in [5.41, 5.74) is 0.517. The van der Waals surface area contributed by atoms with E-state index in [1.165, 1.54) is 25.8 Å². The Hall–Kier alpha value is -0.0800. The molecule has 2 aliphatic heterocycles. The van der Waals surface area contributed by atoms with E-state index in [2.05, 4.69) is 25.8 Å². The molecule has 0 bridgehead atoms. The highest BCUT2D eigenvalue weighted by Crippen LogP contribution is 2.43. The van der Waals surface area contributed by atoms with Crippen molar-refractivity contribution in [3.05, 3.63) is 0 Å². The molecule has 0 aromatic carbocycles. The summed E-state index contributed by atoms with van der Waals surface area (Å²) >= 11 is 0. The zero-order valence-electron chi connectivity index (χ0n) is 9.75. The van der Waals surface area contributed by atoms with Crippen LogP contribution in [0.2, 0.25) is 0 Å². The standard InChI is InChI=1S/C12H23NO/c1-4-10(2)11-7-12(8-13(11)3)5-6-14-9-12/h10-11H,4-9H2,1-3H3. The molecule has 0 amide bonds. The molecule has 0 radical (unpaired) electrons. The molecule has 2 fully saturated rings. The van der Waals surface area contributed by atoms with Crippen LogP contribution >= 0.6 is 0 Å². The van der Waals surface area contributed by atoms with Gasteiger partial charge >= 0.3 is 0 Å². The van der Waals surface area contributed by atoms with Gasteiger partial charge in [0.2, 0.25) is 0 Å². The molecule has 3 atom stereocenters. The molecule has 2 nitrogen and oxygen atoms in total. The number of rotatable bonds is 2. The van der Waals surface area contributed by atoms with Crippen LogP contribution in [0.4, 0.5) is 0 Å². The molecule has 0 aliphatic carbocycles. The van der Waals surface area contributed by atoms with Crippen LogP contribution in [0, 0.1) is 11.3 Å². The number of hydrogen-bond donors (Lipinski definition) is 0. The summed E-state index contributed by atoms with van der Waals surface area (Å²) in [6.07, 6.45) is 3.94. The summed E-state index contributed by atoms with van der Waals surface area (Å²) in [4.78, 5) is 2.56. The maximum absolute atomic E-state index is 5.57. The lowest BCUT2D eigenvalue weighted by molar-refractivity contribution is 0.154. The summed E-state index contributed by atoms with van der Waals surface area (Å²) in [5.74, 6) is 0.833. The van der Waals surface area contributed by atoms with E-state index in [1.807, 2.05) is 0 Å². The fraction of sp³-hybridized carbons (Fsp3) is 1.00. The fourth-order valence-corrected chi connectivity index (χ4v) is 3.15. The molecule has 2 heteroatoms. The lowest BCUT2D eigenvalue weighted by Gasteiger charge is -2.24. The van der Waals surface area contributed by atoms with E-state index in [0.717, 1.165) is 25.2 Å². The van der Waals surface area contributed by atoms with Gasteiger partial charge in [-0.3, -0.25) is 0 Å². The fourth-order valence-electron chi connectivity index (χ4n) is 3.15. The molecule has 1 spiro atoms. The van der Waals surface area contributed by atoms with E-state index >= 15 is 0 Å². The summed E-state index contributed by atoms with van der Waals surface area (Å²) in [5, 5.41) is 0. The minimum Gasteiger partial charge on any atom is -0.381 e. The van der Waals surface area contributed by atoms with E-state index in [1.54, 1.807) is 0 Å². The largest absolute Gasteiger partial charge is 0.381 e. The normalized spacial score (nSPS) is 40.9. The van der Waals surface area contributed by atoms with Crippen LogP contribution in [-0.2, 0) is 4.74 Å². The first-order valence-electron chi connectivity index (χ1n) is 5.95. The van der Waals surface area contributed by atoms with Crippen LogP contribution in [-0.4, -0.2) is 37.7 Å². The molecular formula is C12H23NO. The average Bonchev–Trinajstić information content (AvgIpc) is 2.74. The molecule has 2 aliphatic rings. The van der Waals surface area contributed by atoms with Gasteiger partial charge in [0.15, 0.2) is 0 Å². The quantitative estimate of drug-likeness (QED) is 0.672. The highest BCUT2D eigenvalue weighted by atomic mass is 16.5. The lowest BCUT2D eigenvalue weighted by atomic mass is 9.82. The van der Waals surface area contributed by atoms with Gasteiger partial charge in [0.05, 0.1) is 6.61 Å². The van der Waals surface area contributed by atoms with Crippen molar-refractivity contribution in [2.45, 2.75) is 39.2 Å². The molecule has 2 rings (SSSR count). The van der Waals surface area contributed by atoms with Crippen molar-refractivity contribution in [2.24, 2.45) is 11.3 Å². The predicted octanol–water partition coefficient (Wildman–Crippen LogP) is 2.14. The second-order valence-electron chi connectivity index (χ2n) is 5.37. The molecule has 0 aromatic heterocycles. The van der Waals surface area contributed by atoms with Crippen LogP contribution < -0.4 is 0 Å². The van der Waals surface area contributed by atoms with Crippen molar-refractivity contribution < 1.29 is 4.74 Å². The van der Waals surface area contributed by atoms with E-state index in [4.69, 9.17) is 4.74 Å². The molecule has 2 saturated heterocycles. The van der Waals surface area contributed by atoms with E-state index in [-0.39, 0.29) is 0 Å². The Morgan fingerprint density at radius 3 is 2.93 bits per heavy atom. The van der Waals surface area contributed by atoms with Crippen molar-refractivity contribution in [1.29, 1.82) is 0 Å². The first-order valence-corrected chi connectivity index (χ1v) is 5.95. The van der Waals surface area contributed by atoms with Crippen molar-refractivity contribution in [2.75, 3.05) is 26.8 Å². The summed E-state index contributed by atoms with van der Waals surface area (Å²) in [7, 11) is 2.28. The second kappa shape index (κ2) is 3.82. The van der Waals surface area contributed by atoms with Gasteiger partial charge in [-0.25, -0.2) is 0 Å². The van der Waals surface area contributed by atoms with Gasteiger partial charge in [-0.2, -0.15) is 0 Å². The number of hydrogen-bond acceptors (Lipinski definition) is 2. The predicted molar refractivity (Wildman–Crippen MR) is 58.4 cm³/mol. The van der Waals surface area contributed by atoms with Crippen LogP contribution in [0.15, 0.2) is 0 Å². The lowest BCUT2D eigenvalue weighted by Crippen LogP contribution is -2.30. The Morgan fingerprint density at radius 2 is 2.36 bits per heavy atom. The van der Waals surface area contributed by atoms with E-state index < -0.39 is 0 Å².